The first-order valence-corrected chi connectivity index (χ1v) is 7.21. The molecule has 2 rings (SSSR count). The van der Waals surface area contributed by atoms with Crippen molar-refractivity contribution < 1.29 is 14.3 Å². The van der Waals surface area contributed by atoms with E-state index in [9.17, 15) is 4.79 Å². The molecule has 0 unspecified atom stereocenters. The van der Waals surface area contributed by atoms with Gasteiger partial charge in [0.15, 0.2) is 0 Å². The molecular formula is C18H22O3. The van der Waals surface area contributed by atoms with Gasteiger partial charge in [-0.25, -0.2) is 0 Å². The Morgan fingerprint density at radius 1 is 0.857 bits per heavy atom. The second-order valence-corrected chi connectivity index (χ2v) is 4.05. The summed E-state index contributed by atoms with van der Waals surface area (Å²) >= 11 is 0. The number of rotatable bonds is 6. The van der Waals surface area contributed by atoms with E-state index in [0.717, 1.165) is 23.3 Å². The highest BCUT2D eigenvalue weighted by atomic mass is 16.5. The molecule has 0 aliphatic carbocycles. The molecule has 0 N–H and O–H groups in total. The Labute approximate surface area is 126 Å². The van der Waals surface area contributed by atoms with E-state index in [1.165, 1.54) is 0 Å². The number of benzene rings is 2. The normalized spacial score (nSPS) is 9.29. The first kappa shape index (κ1) is 16.8. The summed E-state index contributed by atoms with van der Waals surface area (Å²) in [5.74, 6) is 1.61. The van der Waals surface area contributed by atoms with Crippen LogP contribution in [-0.4, -0.2) is 12.9 Å². The molecule has 0 saturated carbocycles. The molecule has 2 aromatic carbocycles. The molecule has 0 aliphatic heterocycles. The Kier molecular flexibility index (Phi) is 7.65. The standard InChI is InChI=1S/C16H16O3.C2H6/c1-2-18-15-9-5-14(6-10-15)12-19-16-7-3-13(11-17)4-8-16;1-2/h3-11H,2,12H2,1H3;1-2H3. The van der Waals surface area contributed by atoms with Crippen molar-refractivity contribution in [2.24, 2.45) is 0 Å². The first-order valence-electron chi connectivity index (χ1n) is 7.21. The Hall–Kier alpha value is -2.29. The molecule has 0 aromatic heterocycles. The second-order valence-electron chi connectivity index (χ2n) is 4.05. The molecule has 3 heteroatoms. The summed E-state index contributed by atoms with van der Waals surface area (Å²) in [6, 6.07) is 14.9. The summed E-state index contributed by atoms with van der Waals surface area (Å²) in [7, 11) is 0. The average Bonchev–Trinajstić information content (AvgIpc) is 2.57. The van der Waals surface area contributed by atoms with Crippen LogP contribution in [0.2, 0.25) is 0 Å². The average molecular weight is 286 g/mol. The highest BCUT2D eigenvalue weighted by Crippen LogP contribution is 2.16. The van der Waals surface area contributed by atoms with E-state index < -0.39 is 0 Å². The second kappa shape index (κ2) is 9.59. The number of hydrogen-bond donors (Lipinski definition) is 0. The van der Waals surface area contributed by atoms with Crippen molar-refractivity contribution in [3.05, 3.63) is 59.7 Å². The number of aldehydes is 1. The number of ether oxygens (including phenoxy) is 2. The Morgan fingerprint density at radius 2 is 1.38 bits per heavy atom. The van der Waals surface area contributed by atoms with Crippen LogP contribution in [0, 0.1) is 0 Å². The minimum atomic E-state index is 0.493. The Bertz CT molecular complexity index is 515. The SMILES string of the molecule is CC.CCOc1ccc(COc2ccc(C=O)cc2)cc1. The lowest BCUT2D eigenvalue weighted by Crippen LogP contribution is -1.96. The predicted molar refractivity (Wildman–Crippen MR) is 85.1 cm³/mol. The highest BCUT2D eigenvalue weighted by molar-refractivity contribution is 5.74. The van der Waals surface area contributed by atoms with Crippen LogP contribution in [0.1, 0.15) is 36.7 Å². The van der Waals surface area contributed by atoms with Crippen molar-refractivity contribution in [3.63, 3.8) is 0 Å². The van der Waals surface area contributed by atoms with E-state index in [4.69, 9.17) is 9.47 Å². The third kappa shape index (κ3) is 5.69. The number of carbonyl (C=O) groups is 1. The van der Waals surface area contributed by atoms with Crippen LogP contribution in [0.15, 0.2) is 48.5 Å². The topological polar surface area (TPSA) is 35.5 Å². The summed E-state index contributed by atoms with van der Waals surface area (Å²) < 4.78 is 11.0. The molecule has 2 aromatic rings. The molecule has 3 nitrogen and oxygen atoms in total. The zero-order valence-electron chi connectivity index (χ0n) is 12.8. The van der Waals surface area contributed by atoms with Gasteiger partial charge in [0.05, 0.1) is 6.61 Å². The highest BCUT2D eigenvalue weighted by Gasteiger charge is 1.98. The summed E-state index contributed by atoms with van der Waals surface area (Å²) in [5.41, 5.74) is 1.72. The van der Waals surface area contributed by atoms with Gasteiger partial charge >= 0.3 is 0 Å². The van der Waals surface area contributed by atoms with Gasteiger partial charge in [-0.3, -0.25) is 4.79 Å². The van der Waals surface area contributed by atoms with Gasteiger partial charge in [-0.1, -0.05) is 26.0 Å². The van der Waals surface area contributed by atoms with Crippen LogP contribution < -0.4 is 9.47 Å². The smallest absolute Gasteiger partial charge is 0.150 e. The maximum atomic E-state index is 10.5. The maximum absolute atomic E-state index is 10.5. The molecular weight excluding hydrogens is 264 g/mol. The van der Waals surface area contributed by atoms with Crippen molar-refractivity contribution >= 4 is 6.29 Å². The van der Waals surface area contributed by atoms with E-state index in [1.54, 1.807) is 24.3 Å². The van der Waals surface area contributed by atoms with Gasteiger partial charge in [0.1, 0.15) is 24.4 Å². The van der Waals surface area contributed by atoms with Gasteiger partial charge in [-0.05, 0) is 48.9 Å². The predicted octanol–water partition coefficient (Wildman–Crippen LogP) is 4.50. The lowest BCUT2D eigenvalue weighted by Gasteiger charge is -2.07. The minimum Gasteiger partial charge on any atom is -0.494 e. The molecule has 0 fully saturated rings. The van der Waals surface area contributed by atoms with Crippen LogP contribution in [-0.2, 0) is 6.61 Å². The summed E-state index contributed by atoms with van der Waals surface area (Å²) in [6.07, 6.45) is 0.816. The van der Waals surface area contributed by atoms with Crippen LogP contribution in [0.5, 0.6) is 11.5 Å². The van der Waals surface area contributed by atoms with Crippen LogP contribution >= 0.6 is 0 Å². The van der Waals surface area contributed by atoms with Gasteiger partial charge in [-0.2, -0.15) is 0 Å². The zero-order valence-corrected chi connectivity index (χ0v) is 12.8. The van der Waals surface area contributed by atoms with Crippen molar-refractivity contribution in [1.29, 1.82) is 0 Å². The fourth-order valence-electron chi connectivity index (χ4n) is 1.66. The van der Waals surface area contributed by atoms with Crippen molar-refractivity contribution in [3.8, 4) is 11.5 Å². The fourth-order valence-corrected chi connectivity index (χ4v) is 1.66. The minimum absolute atomic E-state index is 0.493. The number of carbonyl (C=O) groups excluding carboxylic acids is 1. The van der Waals surface area contributed by atoms with E-state index in [-0.39, 0.29) is 0 Å². The number of hydrogen-bond acceptors (Lipinski definition) is 3. The molecule has 0 saturated heterocycles. The van der Waals surface area contributed by atoms with Gasteiger partial charge < -0.3 is 9.47 Å². The molecule has 0 radical (unpaired) electrons. The van der Waals surface area contributed by atoms with E-state index >= 15 is 0 Å². The van der Waals surface area contributed by atoms with Gasteiger partial charge in [0.2, 0.25) is 0 Å². The van der Waals surface area contributed by atoms with Gasteiger partial charge in [0.25, 0.3) is 0 Å². The fraction of sp³-hybridized carbons (Fsp3) is 0.278. The van der Waals surface area contributed by atoms with Gasteiger partial charge in [-0.15, -0.1) is 0 Å². The zero-order chi connectivity index (χ0) is 15.5. The van der Waals surface area contributed by atoms with Crippen molar-refractivity contribution in [2.45, 2.75) is 27.4 Å². The molecule has 0 atom stereocenters. The van der Waals surface area contributed by atoms with E-state index in [0.29, 0.717) is 18.8 Å². The van der Waals surface area contributed by atoms with Gasteiger partial charge in [0, 0.05) is 5.56 Å². The maximum Gasteiger partial charge on any atom is 0.150 e. The molecule has 21 heavy (non-hydrogen) atoms. The molecule has 112 valence electrons. The monoisotopic (exact) mass is 286 g/mol. The molecule has 0 aliphatic rings. The third-order valence-electron chi connectivity index (χ3n) is 2.66. The Morgan fingerprint density at radius 3 is 1.90 bits per heavy atom. The molecule has 0 amide bonds. The molecule has 0 spiro atoms. The van der Waals surface area contributed by atoms with Crippen molar-refractivity contribution in [2.75, 3.05) is 6.61 Å². The third-order valence-corrected chi connectivity index (χ3v) is 2.66. The van der Waals surface area contributed by atoms with E-state index in [1.807, 2.05) is 45.0 Å². The molecule has 0 heterocycles. The lowest BCUT2D eigenvalue weighted by atomic mass is 10.2. The van der Waals surface area contributed by atoms with Crippen LogP contribution in [0.25, 0.3) is 0 Å². The largest absolute Gasteiger partial charge is 0.494 e. The quantitative estimate of drug-likeness (QED) is 0.733. The van der Waals surface area contributed by atoms with Crippen LogP contribution in [0.3, 0.4) is 0 Å². The van der Waals surface area contributed by atoms with E-state index in [2.05, 4.69) is 0 Å². The Balaban J connectivity index is 0.00000106. The lowest BCUT2D eigenvalue weighted by molar-refractivity contribution is 0.112. The summed E-state index contributed by atoms with van der Waals surface area (Å²) in [6.45, 7) is 7.12. The first-order chi connectivity index (χ1) is 10.3. The van der Waals surface area contributed by atoms with Crippen molar-refractivity contribution in [1.82, 2.24) is 0 Å². The summed E-state index contributed by atoms with van der Waals surface area (Å²) in [5, 5.41) is 0. The van der Waals surface area contributed by atoms with Crippen LogP contribution in [0.4, 0.5) is 0 Å². The molecule has 0 bridgehead atoms. The summed E-state index contributed by atoms with van der Waals surface area (Å²) in [4.78, 5) is 10.5.